The largest absolute Gasteiger partial charge is 0.354 e. The highest BCUT2D eigenvalue weighted by Gasteiger charge is 2.17. The third-order valence-corrected chi connectivity index (χ3v) is 7.49. The molecule has 0 fully saturated rings. The predicted octanol–water partition coefficient (Wildman–Crippen LogP) is 7.50. The molecule has 0 aliphatic rings. The van der Waals surface area contributed by atoms with Crippen molar-refractivity contribution >= 4 is 60.3 Å². The van der Waals surface area contributed by atoms with Crippen LogP contribution in [0.3, 0.4) is 0 Å². The molecule has 5 aromatic heterocycles. The minimum atomic E-state index is 0.896. The molecule has 5 heteroatoms. The van der Waals surface area contributed by atoms with Crippen molar-refractivity contribution in [3.05, 3.63) is 96.4 Å². The minimum absolute atomic E-state index is 0.896. The van der Waals surface area contributed by atoms with Crippen LogP contribution in [0.15, 0.2) is 85.3 Å². The maximum atomic E-state index is 5.00. The number of aromatic nitrogens is 5. The maximum absolute atomic E-state index is 5.00. The van der Waals surface area contributed by atoms with Gasteiger partial charge in [-0.3, -0.25) is 9.38 Å². The van der Waals surface area contributed by atoms with E-state index in [4.69, 9.17) is 9.97 Å². The zero-order valence-corrected chi connectivity index (χ0v) is 19.9. The molecule has 0 saturated carbocycles. The van der Waals surface area contributed by atoms with E-state index in [2.05, 4.69) is 82.8 Å². The number of aromatic amines is 1. The van der Waals surface area contributed by atoms with Crippen LogP contribution >= 0.6 is 0 Å². The lowest BCUT2D eigenvalue weighted by molar-refractivity contribution is 1.22. The van der Waals surface area contributed by atoms with E-state index < -0.39 is 0 Å². The number of para-hydroxylation sites is 1. The molecule has 0 amide bonds. The first-order chi connectivity index (χ1) is 17.7. The number of benzene rings is 3. The second-order valence-electron chi connectivity index (χ2n) is 9.61. The van der Waals surface area contributed by atoms with Crippen molar-refractivity contribution in [2.45, 2.75) is 13.8 Å². The highest BCUT2D eigenvalue weighted by atomic mass is 15.1. The van der Waals surface area contributed by atoms with Crippen molar-refractivity contribution in [1.82, 2.24) is 24.3 Å². The Morgan fingerprint density at radius 1 is 0.667 bits per heavy atom. The topological polar surface area (TPSA) is 58.9 Å². The number of H-pyrrole nitrogens is 1. The molecule has 0 bridgehead atoms. The van der Waals surface area contributed by atoms with Crippen molar-refractivity contribution in [1.29, 1.82) is 0 Å². The number of nitrogens with one attached hydrogen (secondary N) is 1. The molecule has 1 N–H and O–H groups in total. The molecule has 8 aromatic rings. The molecule has 36 heavy (non-hydrogen) atoms. The fraction of sp³-hybridized carbons (Fsp3) is 0.0645. The smallest absolute Gasteiger partial charge is 0.147 e. The van der Waals surface area contributed by atoms with E-state index in [1.165, 1.54) is 38.5 Å². The highest BCUT2D eigenvalue weighted by molar-refractivity contribution is 6.15. The number of pyridine rings is 3. The van der Waals surface area contributed by atoms with Crippen molar-refractivity contribution in [3.8, 4) is 11.1 Å². The zero-order valence-electron chi connectivity index (χ0n) is 19.9. The Kier molecular flexibility index (Phi) is 3.74. The molecule has 5 nitrogen and oxygen atoms in total. The number of aryl methyl sites for hydroxylation is 2. The summed E-state index contributed by atoms with van der Waals surface area (Å²) in [5, 5.41) is 5.91. The van der Waals surface area contributed by atoms with Gasteiger partial charge in [-0.2, -0.15) is 0 Å². The van der Waals surface area contributed by atoms with Crippen LogP contribution in [0.2, 0.25) is 0 Å². The molecular weight excluding hydrogens is 442 g/mol. The average molecular weight is 464 g/mol. The van der Waals surface area contributed by atoms with E-state index in [-0.39, 0.29) is 0 Å². The summed E-state index contributed by atoms with van der Waals surface area (Å²) in [5.74, 6) is 0. The summed E-state index contributed by atoms with van der Waals surface area (Å²) in [4.78, 5) is 17.7. The van der Waals surface area contributed by atoms with Gasteiger partial charge in [0.05, 0.1) is 17.2 Å². The molecule has 0 unspecified atom stereocenters. The molecule has 0 spiro atoms. The summed E-state index contributed by atoms with van der Waals surface area (Å²) >= 11 is 0. The summed E-state index contributed by atoms with van der Waals surface area (Å²) in [7, 11) is 0. The van der Waals surface area contributed by atoms with E-state index in [1.807, 2.05) is 24.5 Å². The van der Waals surface area contributed by atoms with Crippen molar-refractivity contribution in [2.24, 2.45) is 0 Å². The van der Waals surface area contributed by atoms with Gasteiger partial charge in [-0.1, -0.05) is 18.2 Å². The quantitative estimate of drug-likeness (QED) is 0.256. The number of rotatable bonds is 1. The first-order valence-electron chi connectivity index (χ1n) is 12.1. The van der Waals surface area contributed by atoms with Crippen LogP contribution < -0.4 is 0 Å². The SMILES string of the molecule is Cc1cc2c(cc1-c1cc3c4cccnc4n4c5cnccc5nc4c3cc1C)[nH]c1ccccc12. The predicted molar refractivity (Wildman–Crippen MR) is 148 cm³/mol. The van der Waals surface area contributed by atoms with Crippen LogP contribution in [0.25, 0.3) is 71.4 Å². The third kappa shape index (κ3) is 2.52. The molecule has 0 aliphatic carbocycles. The summed E-state index contributed by atoms with van der Waals surface area (Å²) in [6, 6.07) is 23.8. The van der Waals surface area contributed by atoms with E-state index in [9.17, 15) is 0 Å². The first kappa shape index (κ1) is 19.5. The third-order valence-electron chi connectivity index (χ3n) is 7.49. The van der Waals surface area contributed by atoms with Gasteiger partial charge in [0.15, 0.2) is 0 Å². The molecule has 0 saturated heterocycles. The van der Waals surface area contributed by atoms with Crippen LogP contribution in [0, 0.1) is 13.8 Å². The summed E-state index contributed by atoms with van der Waals surface area (Å²) in [6.45, 7) is 4.40. The van der Waals surface area contributed by atoms with Gasteiger partial charge < -0.3 is 4.98 Å². The Hall–Kier alpha value is -4.77. The monoisotopic (exact) mass is 463 g/mol. The maximum Gasteiger partial charge on any atom is 0.147 e. The highest BCUT2D eigenvalue weighted by Crippen LogP contribution is 2.38. The second-order valence-corrected chi connectivity index (χ2v) is 9.61. The standard InChI is InChI=1S/C31H21N5/c1-17-12-24-19-6-3-4-8-26(19)34-28(24)15-22(17)21-14-23-20-7-5-10-33-30(20)36-29-16-32-11-9-27(29)35-31(36)25(23)13-18(21)2/h3-16,34H,1-2H3. The molecule has 3 aromatic carbocycles. The lowest BCUT2D eigenvalue weighted by Crippen LogP contribution is -1.96. The number of nitrogens with zero attached hydrogens (tertiary/aromatic N) is 4. The first-order valence-corrected chi connectivity index (χ1v) is 12.1. The number of hydrogen-bond donors (Lipinski definition) is 1. The Bertz CT molecular complexity index is 2180. The fourth-order valence-electron chi connectivity index (χ4n) is 5.81. The Balaban J connectivity index is 1.49. The molecular formula is C31H21N5. The van der Waals surface area contributed by atoms with Crippen molar-refractivity contribution in [3.63, 3.8) is 0 Å². The lowest BCUT2D eigenvalue weighted by Gasteiger charge is -2.14. The lowest BCUT2D eigenvalue weighted by atomic mass is 9.92. The van der Waals surface area contributed by atoms with Gasteiger partial charge in [0.25, 0.3) is 0 Å². The summed E-state index contributed by atoms with van der Waals surface area (Å²) in [5.41, 5.74) is 11.0. The van der Waals surface area contributed by atoms with Gasteiger partial charge in [0.2, 0.25) is 0 Å². The number of hydrogen-bond acceptors (Lipinski definition) is 3. The number of imidazole rings is 1. The number of fused-ring (bicyclic) bond motifs is 11. The normalized spacial score (nSPS) is 12.2. The Morgan fingerprint density at radius 2 is 1.47 bits per heavy atom. The molecule has 5 heterocycles. The van der Waals surface area contributed by atoms with Gasteiger partial charge in [-0.15, -0.1) is 0 Å². The minimum Gasteiger partial charge on any atom is -0.354 e. The van der Waals surface area contributed by atoms with Gasteiger partial charge >= 0.3 is 0 Å². The Morgan fingerprint density at radius 3 is 2.39 bits per heavy atom. The van der Waals surface area contributed by atoms with Gasteiger partial charge in [-0.25, -0.2) is 9.97 Å². The van der Waals surface area contributed by atoms with Gasteiger partial charge in [0.1, 0.15) is 11.3 Å². The van der Waals surface area contributed by atoms with Crippen molar-refractivity contribution < 1.29 is 0 Å². The average Bonchev–Trinajstić information content (AvgIpc) is 3.47. The Labute approximate surface area is 206 Å². The fourth-order valence-corrected chi connectivity index (χ4v) is 5.81. The molecule has 170 valence electrons. The summed E-state index contributed by atoms with van der Waals surface area (Å²) < 4.78 is 2.14. The zero-order chi connectivity index (χ0) is 24.0. The van der Waals surface area contributed by atoms with E-state index in [1.54, 1.807) is 6.20 Å². The van der Waals surface area contributed by atoms with E-state index in [0.717, 1.165) is 44.0 Å². The molecule has 0 aliphatic heterocycles. The second kappa shape index (κ2) is 6.89. The van der Waals surface area contributed by atoms with Crippen LogP contribution in [0.1, 0.15) is 11.1 Å². The van der Waals surface area contributed by atoms with Crippen LogP contribution in [-0.4, -0.2) is 24.3 Å². The van der Waals surface area contributed by atoms with E-state index >= 15 is 0 Å². The molecule has 8 rings (SSSR count). The summed E-state index contributed by atoms with van der Waals surface area (Å²) in [6.07, 6.45) is 5.51. The van der Waals surface area contributed by atoms with Crippen molar-refractivity contribution in [2.75, 3.05) is 0 Å². The molecule has 0 radical (unpaired) electrons. The van der Waals surface area contributed by atoms with E-state index in [0.29, 0.717) is 0 Å². The van der Waals surface area contributed by atoms with Gasteiger partial charge in [-0.05, 0) is 90.0 Å². The molecule has 0 atom stereocenters. The van der Waals surface area contributed by atoms with Crippen LogP contribution in [-0.2, 0) is 0 Å². The van der Waals surface area contributed by atoms with Crippen LogP contribution in [0.5, 0.6) is 0 Å². The van der Waals surface area contributed by atoms with Crippen LogP contribution in [0.4, 0.5) is 0 Å². The van der Waals surface area contributed by atoms with Gasteiger partial charge in [0, 0.05) is 45.0 Å².